The molecule has 1 atom stereocenters. The molecular formula is C19H23ClN2O2. The van der Waals surface area contributed by atoms with Crippen LogP contribution in [0.4, 0.5) is 0 Å². The van der Waals surface area contributed by atoms with Crippen molar-refractivity contribution in [1.29, 1.82) is 0 Å². The normalized spacial score (nSPS) is 16.2. The Labute approximate surface area is 149 Å². The van der Waals surface area contributed by atoms with Crippen LogP contribution in [0.15, 0.2) is 54.6 Å². The summed E-state index contributed by atoms with van der Waals surface area (Å²) < 4.78 is 5.81. The quantitative estimate of drug-likeness (QED) is 0.839. The van der Waals surface area contributed by atoms with Gasteiger partial charge in [0.1, 0.15) is 11.5 Å². The molecule has 1 amide bonds. The lowest BCUT2D eigenvalue weighted by Crippen LogP contribution is -2.31. The zero-order chi connectivity index (χ0) is 15.9. The molecule has 128 valence electrons. The van der Waals surface area contributed by atoms with Crippen molar-refractivity contribution in [1.82, 2.24) is 10.6 Å². The van der Waals surface area contributed by atoms with Crippen LogP contribution in [0.25, 0.3) is 0 Å². The predicted molar refractivity (Wildman–Crippen MR) is 97.7 cm³/mol. The summed E-state index contributed by atoms with van der Waals surface area (Å²) in [6.45, 7) is 1.55. The van der Waals surface area contributed by atoms with Gasteiger partial charge in [0, 0.05) is 19.0 Å². The molecular weight excluding hydrogens is 324 g/mol. The van der Waals surface area contributed by atoms with E-state index in [0.29, 0.717) is 19.0 Å². The number of benzene rings is 2. The number of carbonyl (C=O) groups excluding carboxylic acids is 1. The van der Waals surface area contributed by atoms with Gasteiger partial charge in [0.25, 0.3) is 0 Å². The van der Waals surface area contributed by atoms with Crippen LogP contribution >= 0.6 is 12.4 Å². The molecule has 1 unspecified atom stereocenters. The van der Waals surface area contributed by atoms with E-state index in [9.17, 15) is 4.79 Å². The number of ether oxygens (including phenoxy) is 1. The molecule has 0 saturated carbocycles. The fourth-order valence-corrected chi connectivity index (χ4v) is 2.77. The molecule has 4 nitrogen and oxygen atoms in total. The molecule has 1 fully saturated rings. The van der Waals surface area contributed by atoms with Gasteiger partial charge < -0.3 is 15.4 Å². The van der Waals surface area contributed by atoms with E-state index in [0.717, 1.165) is 36.4 Å². The summed E-state index contributed by atoms with van der Waals surface area (Å²) in [5.74, 6) is 1.68. The van der Waals surface area contributed by atoms with Gasteiger partial charge in [-0.2, -0.15) is 0 Å². The molecule has 2 aromatic carbocycles. The second-order valence-corrected chi connectivity index (χ2v) is 5.84. The maximum atomic E-state index is 12.0. The van der Waals surface area contributed by atoms with Crippen molar-refractivity contribution in [2.45, 2.75) is 31.8 Å². The minimum Gasteiger partial charge on any atom is -0.457 e. The standard InChI is InChI=1S/C19H22N2O2.ClH/c22-19(13-16-7-5-11-20-16)21-14-15-6-4-10-18(12-15)23-17-8-2-1-3-9-17;/h1-4,6,8-10,12,16,20H,5,7,11,13-14H2,(H,21,22);1H. The molecule has 1 saturated heterocycles. The minimum atomic E-state index is 0. The van der Waals surface area contributed by atoms with Crippen LogP contribution in [0, 0.1) is 0 Å². The maximum absolute atomic E-state index is 12.0. The molecule has 0 radical (unpaired) electrons. The first kappa shape index (κ1) is 18.3. The van der Waals surface area contributed by atoms with E-state index < -0.39 is 0 Å². The molecule has 3 rings (SSSR count). The third-order valence-electron chi connectivity index (χ3n) is 3.96. The Morgan fingerprint density at radius 1 is 1.12 bits per heavy atom. The molecule has 24 heavy (non-hydrogen) atoms. The van der Waals surface area contributed by atoms with Gasteiger partial charge in [-0.1, -0.05) is 30.3 Å². The first-order valence-corrected chi connectivity index (χ1v) is 8.11. The third kappa shape index (κ3) is 5.55. The number of para-hydroxylation sites is 1. The topological polar surface area (TPSA) is 50.4 Å². The maximum Gasteiger partial charge on any atom is 0.221 e. The van der Waals surface area contributed by atoms with Gasteiger partial charge >= 0.3 is 0 Å². The zero-order valence-electron chi connectivity index (χ0n) is 13.5. The van der Waals surface area contributed by atoms with Crippen LogP contribution in [0.5, 0.6) is 11.5 Å². The average molecular weight is 347 g/mol. The van der Waals surface area contributed by atoms with Crippen molar-refractivity contribution < 1.29 is 9.53 Å². The number of halogens is 1. The van der Waals surface area contributed by atoms with Gasteiger partial charge in [-0.15, -0.1) is 12.4 Å². The summed E-state index contributed by atoms with van der Waals surface area (Å²) in [4.78, 5) is 12.0. The zero-order valence-corrected chi connectivity index (χ0v) is 14.4. The predicted octanol–water partition coefficient (Wildman–Crippen LogP) is 3.66. The van der Waals surface area contributed by atoms with Gasteiger partial charge in [-0.25, -0.2) is 0 Å². The van der Waals surface area contributed by atoms with Gasteiger partial charge in [0.15, 0.2) is 0 Å². The van der Waals surface area contributed by atoms with Crippen molar-refractivity contribution in [3.63, 3.8) is 0 Å². The third-order valence-corrected chi connectivity index (χ3v) is 3.96. The van der Waals surface area contributed by atoms with E-state index in [-0.39, 0.29) is 18.3 Å². The summed E-state index contributed by atoms with van der Waals surface area (Å²) in [6, 6.07) is 17.8. The number of rotatable bonds is 6. The molecule has 0 aliphatic carbocycles. The van der Waals surface area contributed by atoms with Crippen molar-refractivity contribution in [3.8, 4) is 11.5 Å². The largest absolute Gasteiger partial charge is 0.457 e. The summed E-state index contributed by atoms with van der Waals surface area (Å²) in [7, 11) is 0. The number of hydrogen-bond donors (Lipinski definition) is 2. The van der Waals surface area contributed by atoms with Crippen molar-refractivity contribution >= 4 is 18.3 Å². The SMILES string of the molecule is Cl.O=C(CC1CCCN1)NCc1cccc(Oc2ccccc2)c1. The Bertz CT molecular complexity index is 643. The summed E-state index contributed by atoms with van der Waals surface area (Å²) >= 11 is 0. The number of amides is 1. The van der Waals surface area contributed by atoms with E-state index in [2.05, 4.69) is 10.6 Å². The Morgan fingerprint density at radius 3 is 2.67 bits per heavy atom. The number of hydrogen-bond acceptors (Lipinski definition) is 3. The van der Waals surface area contributed by atoms with Crippen LogP contribution in [0.2, 0.25) is 0 Å². The van der Waals surface area contributed by atoms with E-state index in [1.54, 1.807) is 0 Å². The first-order valence-electron chi connectivity index (χ1n) is 8.11. The molecule has 1 aliphatic heterocycles. The van der Waals surface area contributed by atoms with Gasteiger partial charge in [0.2, 0.25) is 5.91 Å². The van der Waals surface area contributed by atoms with E-state index >= 15 is 0 Å². The second kappa shape index (κ2) is 9.30. The lowest BCUT2D eigenvalue weighted by Gasteiger charge is -2.11. The Kier molecular flexibility index (Phi) is 7.09. The van der Waals surface area contributed by atoms with E-state index in [4.69, 9.17) is 4.74 Å². The fraction of sp³-hybridized carbons (Fsp3) is 0.316. The first-order chi connectivity index (χ1) is 11.3. The molecule has 5 heteroatoms. The summed E-state index contributed by atoms with van der Waals surface area (Å²) in [5.41, 5.74) is 1.03. The van der Waals surface area contributed by atoms with E-state index in [1.807, 2.05) is 54.6 Å². The molecule has 1 aliphatic rings. The highest BCUT2D eigenvalue weighted by Crippen LogP contribution is 2.21. The second-order valence-electron chi connectivity index (χ2n) is 5.84. The van der Waals surface area contributed by atoms with Gasteiger partial charge in [0.05, 0.1) is 0 Å². The molecule has 2 aromatic rings. The number of nitrogens with one attached hydrogen (secondary N) is 2. The lowest BCUT2D eigenvalue weighted by molar-refractivity contribution is -0.121. The molecule has 0 bridgehead atoms. The molecule has 0 spiro atoms. The van der Waals surface area contributed by atoms with E-state index in [1.165, 1.54) is 0 Å². The highest BCUT2D eigenvalue weighted by molar-refractivity contribution is 5.85. The summed E-state index contributed by atoms with van der Waals surface area (Å²) in [6.07, 6.45) is 2.81. The Morgan fingerprint density at radius 2 is 1.92 bits per heavy atom. The van der Waals surface area contributed by atoms with Crippen molar-refractivity contribution in [2.24, 2.45) is 0 Å². The molecule has 0 aromatic heterocycles. The van der Waals surface area contributed by atoms with Crippen LogP contribution in [0.3, 0.4) is 0 Å². The van der Waals surface area contributed by atoms with Crippen molar-refractivity contribution in [3.05, 3.63) is 60.2 Å². The van der Waals surface area contributed by atoms with Crippen LogP contribution < -0.4 is 15.4 Å². The molecule has 1 heterocycles. The Hall–Kier alpha value is -2.04. The minimum absolute atomic E-state index is 0. The average Bonchev–Trinajstić information content (AvgIpc) is 3.07. The fourth-order valence-electron chi connectivity index (χ4n) is 2.77. The van der Waals surface area contributed by atoms with Crippen LogP contribution in [0.1, 0.15) is 24.8 Å². The highest BCUT2D eigenvalue weighted by Gasteiger charge is 2.17. The highest BCUT2D eigenvalue weighted by atomic mass is 35.5. The van der Waals surface area contributed by atoms with Crippen LogP contribution in [-0.2, 0) is 11.3 Å². The lowest BCUT2D eigenvalue weighted by atomic mass is 10.1. The smallest absolute Gasteiger partial charge is 0.221 e. The molecule has 2 N–H and O–H groups in total. The monoisotopic (exact) mass is 346 g/mol. The van der Waals surface area contributed by atoms with Gasteiger partial charge in [-0.05, 0) is 49.2 Å². The summed E-state index contributed by atoms with van der Waals surface area (Å²) in [5, 5.41) is 6.32. The van der Waals surface area contributed by atoms with Crippen LogP contribution in [-0.4, -0.2) is 18.5 Å². The Balaban J connectivity index is 0.00000208. The van der Waals surface area contributed by atoms with Gasteiger partial charge in [-0.3, -0.25) is 4.79 Å². The van der Waals surface area contributed by atoms with Crippen molar-refractivity contribution in [2.75, 3.05) is 6.54 Å². The number of carbonyl (C=O) groups is 1.